The van der Waals surface area contributed by atoms with Crippen molar-refractivity contribution in [1.82, 2.24) is 10.2 Å². The van der Waals surface area contributed by atoms with Crippen molar-refractivity contribution >= 4 is 11.8 Å². The normalized spacial score (nSPS) is 11.4. The lowest BCUT2D eigenvalue weighted by atomic mass is 10.0. The average molecular weight is 402 g/mol. The summed E-state index contributed by atoms with van der Waals surface area (Å²) in [6, 6.07) is 25.4. The van der Waals surface area contributed by atoms with E-state index < -0.39 is 0 Å². The zero-order valence-electron chi connectivity index (χ0n) is 17.2. The van der Waals surface area contributed by atoms with Gasteiger partial charge in [-0.3, -0.25) is 9.59 Å². The molecule has 0 spiro atoms. The summed E-state index contributed by atoms with van der Waals surface area (Å²) in [5, 5.41) is 2.98. The highest BCUT2D eigenvalue weighted by atomic mass is 16.5. The second kappa shape index (κ2) is 10.3. The van der Waals surface area contributed by atoms with E-state index in [1.165, 1.54) is 0 Å². The van der Waals surface area contributed by atoms with Crippen LogP contribution in [-0.2, 0) is 0 Å². The van der Waals surface area contributed by atoms with Gasteiger partial charge in [0.1, 0.15) is 5.75 Å². The topological polar surface area (TPSA) is 58.6 Å². The van der Waals surface area contributed by atoms with Crippen LogP contribution in [0.15, 0.2) is 84.9 Å². The first-order valence-electron chi connectivity index (χ1n) is 9.97. The lowest BCUT2D eigenvalue weighted by molar-refractivity contribution is 0.0673. The number of carbonyl (C=O) groups is 2. The van der Waals surface area contributed by atoms with Gasteiger partial charge in [-0.25, -0.2) is 0 Å². The van der Waals surface area contributed by atoms with Gasteiger partial charge in [0.05, 0.1) is 13.2 Å². The number of carbonyl (C=O) groups excluding carboxylic acids is 2. The van der Waals surface area contributed by atoms with Gasteiger partial charge >= 0.3 is 0 Å². The molecule has 0 saturated heterocycles. The van der Waals surface area contributed by atoms with Crippen molar-refractivity contribution < 1.29 is 14.3 Å². The van der Waals surface area contributed by atoms with Crippen molar-refractivity contribution in [2.24, 2.45) is 0 Å². The van der Waals surface area contributed by atoms with Gasteiger partial charge in [-0.2, -0.15) is 0 Å². The molecule has 3 aromatic rings. The van der Waals surface area contributed by atoms with Gasteiger partial charge in [-0.1, -0.05) is 54.6 Å². The van der Waals surface area contributed by atoms with E-state index in [2.05, 4.69) is 5.32 Å². The predicted molar refractivity (Wildman–Crippen MR) is 118 cm³/mol. The molecule has 0 bridgehead atoms. The fraction of sp³-hybridized carbons (Fsp3) is 0.200. The molecule has 1 N–H and O–H groups in total. The molecule has 0 aliphatic rings. The molecule has 0 heterocycles. The Morgan fingerprint density at radius 2 is 1.43 bits per heavy atom. The van der Waals surface area contributed by atoms with Crippen LogP contribution in [-0.4, -0.2) is 36.9 Å². The van der Waals surface area contributed by atoms with Crippen LogP contribution >= 0.6 is 0 Å². The molecule has 154 valence electrons. The Balaban J connectivity index is 1.92. The molecule has 5 heteroatoms. The van der Waals surface area contributed by atoms with E-state index in [1.54, 1.807) is 36.3 Å². The van der Waals surface area contributed by atoms with Gasteiger partial charge in [0.15, 0.2) is 0 Å². The van der Waals surface area contributed by atoms with Crippen LogP contribution in [0.2, 0.25) is 0 Å². The maximum atomic E-state index is 13.3. The third-order valence-electron chi connectivity index (χ3n) is 4.99. The molecule has 0 aliphatic heterocycles. The van der Waals surface area contributed by atoms with E-state index in [-0.39, 0.29) is 24.4 Å². The maximum absolute atomic E-state index is 13.3. The van der Waals surface area contributed by atoms with Crippen molar-refractivity contribution in [1.29, 1.82) is 0 Å². The number of methoxy groups -OCH3 is 1. The molecule has 1 atom stereocenters. The fourth-order valence-corrected chi connectivity index (χ4v) is 3.46. The largest absolute Gasteiger partial charge is 0.496 e. The zero-order valence-corrected chi connectivity index (χ0v) is 17.2. The molecule has 0 aliphatic carbocycles. The van der Waals surface area contributed by atoms with Gasteiger partial charge in [-0.05, 0) is 37.3 Å². The average Bonchev–Trinajstić information content (AvgIpc) is 2.82. The zero-order chi connectivity index (χ0) is 21.3. The number of ether oxygens (including phenoxy) is 1. The van der Waals surface area contributed by atoms with E-state index in [0.717, 1.165) is 5.56 Å². The summed E-state index contributed by atoms with van der Waals surface area (Å²) in [5.41, 5.74) is 2.03. The summed E-state index contributed by atoms with van der Waals surface area (Å²) >= 11 is 0. The molecule has 3 rings (SSSR count). The van der Waals surface area contributed by atoms with E-state index in [0.29, 0.717) is 23.4 Å². The first-order valence-corrected chi connectivity index (χ1v) is 9.97. The van der Waals surface area contributed by atoms with E-state index in [4.69, 9.17) is 4.74 Å². The Hall–Kier alpha value is -3.60. The maximum Gasteiger partial charge on any atom is 0.254 e. The minimum Gasteiger partial charge on any atom is -0.496 e. The van der Waals surface area contributed by atoms with Gasteiger partial charge in [0.25, 0.3) is 11.8 Å². The quantitative estimate of drug-likeness (QED) is 0.610. The Morgan fingerprint density at radius 1 is 0.867 bits per heavy atom. The number of hydrogen-bond acceptors (Lipinski definition) is 3. The number of likely N-dealkylation sites (N-methyl/N-ethyl adjacent to an activating group) is 1. The van der Waals surface area contributed by atoms with Crippen LogP contribution in [0.3, 0.4) is 0 Å². The van der Waals surface area contributed by atoms with Crippen molar-refractivity contribution in [3.8, 4) is 5.75 Å². The molecule has 2 amide bonds. The first kappa shape index (κ1) is 21.1. The van der Waals surface area contributed by atoms with Gasteiger partial charge in [0, 0.05) is 29.8 Å². The molecular weight excluding hydrogens is 376 g/mol. The van der Waals surface area contributed by atoms with Crippen molar-refractivity contribution in [2.75, 3.05) is 20.2 Å². The highest BCUT2D eigenvalue weighted by Gasteiger charge is 2.27. The highest BCUT2D eigenvalue weighted by molar-refractivity contribution is 5.95. The summed E-state index contributed by atoms with van der Waals surface area (Å²) in [7, 11) is 1.60. The number of hydrogen-bond donors (Lipinski definition) is 1. The van der Waals surface area contributed by atoms with Gasteiger partial charge < -0.3 is 15.0 Å². The summed E-state index contributed by atoms with van der Waals surface area (Å²) in [4.78, 5) is 27.7. The van der Waals surface area contributed by atoms with E-state index in [9.17, 15) is 9.59 Å². The second-order valence-electron chi connectivity index (χ2n) is 6.79. The monoisotopic (exact) mass is 402 g/mol. The van der Waals surface area contributed by atoms with Crippen LogP contribution in [0.4, 0.5) is 0 Å². The standard InChI is InChI=1S/C25H26N2O3/c1-3-27(25(29)20-14-8-5-9-15-20)22(21-16-10-11-17-23(21)30-2)18-26-24(28)19-12-6-4-7-13-19/h4-17,22H,3,18H2,1-2H3,(H,26,28). The molecule has 30 heavy (non-hydrogen) atoms. The minimum atomic E-state index is -0.383. The molecule has 0 radical (unpaired) electrons. The molecule has 0 saturated carbocycles. The SMILES string of the molecule is CCN(C(=O)c1ccccc1)C(CNC(=O)c1ccccc1)c1ccccc1OC. The molecule has 0 aromatic heterocycles. The summed E-state index contributed by atoms with van der Waals surface area (Å²) in [5.74, 6) is 0.400. The van der Waals surface area contributed by atoms with Crippen molar-refractivity contribution in [3.63, 3.8) is 0 Å². The second-order valence-corrected chi connectivity index (χ2v) is 6.79. The Bertz CT molecular complexity index is 974. The molecule has 1 unspecified atom stereocenters. The molecule has 5 nitrogen and oxygen atoms in total. The van der Waals surface area contributed by atoms with Crippen molar-refractivity contribution in [3.05, 3.63) is 102 Å². The summed E-state index contributed by atoms with van der Waals surface area (Å²) in [6.07, 6.45) is 0. The third kappa shape index (κ3) is 4.87. The summed E-state index contributed by atoms with van der Waals surface area (Å²) in [6.45, 7) is 2.68. The number of amides is 2. The molecule has 0 fully saturated rings. The van der Waals surface area contributed by atoms with Crippen LogP contribution in [0.25, 0.3) is 0 Å². The van der Waals surface area contributed by atoms with Gasteiger partial charge in [0.2, 0.25) is 0 Å². The highest BCUT2D eigenvalue weighted by Crippen LogP contribution is 2.30. The predicted octanol–water partition coefficient (Wildman–Crippen LogP) is 4.33. The number of nitrogens with zero attached hydrogens (tertiary/aromatic N) is 1. The summed E-state index contributed by atoms with van der Waals surface area (Å²) < 4.78 is 5.55. The lowest BCUT2D eigenvalue weighted by Gasteiger charge is -2.32. The van der Waals surface area contributed by atoms with Crippen LogP contribution in [0, 0.1) is 0 Å². The lowest BCUT2D eigenvalue weighted by Crippen LogP contribution is -2.41. The van der Waals surface area contributed by atoms with Crippen LogP contribution in [0.1, 0.15) is 39.2 Å². The molecular formula is C25H26N2O3. The van der Waals surface area contributed by atoms with E-state index in [1.807, 2.05) is 67.6 Å². The Kier molecular flexibility index (Phi) is 7.22. The number of rotatable bonds is 8. The van der Waals surface area contributed by atoms with E-state index >= 15 is 0 Å². The number of nitrogens with one attached hydrogen (secondary N) is 1. The van der Waals surface area contributed by atoms with Crippen molar-refractivity contribution in [2.45, 2.75) is 13.0 Å². The smallest absolute Gasteiger partial charge is 0.254 e. The third-order valence-corrected chi connectivity index (χ3v) is 4.99. The minimum absolute atomic E-state index is 0.0945. The van der Waals surface area contributed by atoms with Crippen LogP contribution in [0.5, 0.6) is 5.75 Å². The Labute approximate surface area is 177 Å². The fourth-order valence-electron chi connectivity index (χ4n) is 3.46. The van der Waals surface area contributed by atoms with Gasteiger partial charge in [-0.15, -0.1) is 0 Å². The molecule has 3 aromatic carbocycles. The number of benzene rings is 3. The Morgan fingerprint density at radius 3 is 2.03 bits per heavy atom. The first-order chi connectivity index (χ1) is 14.7. The number of para-hydroxylation sites is 1. The van der Waals surface area contributed by atoms with Crippen LogP contribution < -0.4 is 10.1 Å².